The zero-order valence-electron chi connectivity index (χ0n) is 10.9. The molecule has 0 aliphatic carbocycles. The molecule has 19 heavy (non-hydrogen) atoms. The summed E-state index contributed by atoms with van der Waals surface area (Å²) in [5.41, 5.74) is 3.82. The molecule has 2 heterocycles. The molecule has 1 N–H and O–H groups in total. The van der Waals surface area contributed by atoms with Crippen LogP contribution >= 0.6 is 22.7 Å². The number of carbonyl (C=O) groups is 1. The maximum Gasteiger partial charge on any atom is 0.225 e. The van der Waals surface area contributed by atoms with Gasteiger partial charge in [-0.05, 0) is 6.92 Å². The van der Waals surface area contributed by atoms with Crippen LogP contribution in [0.3, 0.4) is 0 Å². The molecule has 0 unspecified atom stereocenters. The number of nitrogens with zero attached hydrogens (tertiary/aromatic N) is 3. The lowest BCUT2D eigenvalue weighted by atomic mass is 10.4. The van der Waals surface area contributed by atoms with Gasteiger partial charge in [0, 0.05) is 37.3 Å². The molecular weight excluding hydrogens is 280 g/mol. The van der Waals surface area contributed by atoms with Crippen molar-refractivity contribution in [3.05, 3.63) is 27.7 Å². The van der Waals surface area contributed by atoms with Crippen LogP contribution in [0.1, 0.15) is 25.2 Å². The highest BCUT2D eigenvalue weighted by atomic mass is 32.1. The summed E-state index contributed by atoms with van der Waals surface area (Å²) >= 11 is 3.09. The third-order valence-electron chi connectivity index (χ3n) is 2.56. The first-order chi connectivity index (χ1) is 9.20. The lowest BCUT2D eigenvalue weighted by Crippen LogP contribution is -2.27. The summed E-state index contributed by atoms with van der Waals surface area (Å²) in [4.78, 5) is 21.8. The number of hydrogen-bond donors (Lipinski definition) is 1. The topological polar surface area (TPSA) is 58.1 Å². The Morgan fingerprint density at radius 3 is 2.79 bits per heavy atom. The SMILES string of the molecule is CCN(C(C)=O)c1nc(CNCc2cscn2)cs1. The van der Waals surface area contributed by atoms with Crippen molar-refractivity contribution < 1.29 is 4.79 Å². The quantitative estimate of drug-likeness (QED) is 0.888. The Morgan fingerprint density at radius 2 is 2.16 bits per heavy atom. The Kier molecular flexibility index (Phi) is 5.00. The summed E-state index contributed by atoms with van der Waals surface area (Å²) < 4.78 is 0. The van der Waals surface area contributed by atoms with Crippen LogP contribution in [-0.2, 0) is 17.9 Å². The zero-order chi connectivity index (χ0) is 13.7. The molecule has 2 rings (SSSR count). The number of carbonyl (C=O) groups excluding carboxylic acids is 1. The molecule has 0 atom stereocenters. The third-order valence-corrected chi connectivity index (χ3v) is 4.11. The van der Waals surface area contributed by atoms with E-state index >= 15 is 0 Å². The molecular formula is C12H16N4OS2. The van der Waals surface area contributed by atoms with Crippen molar-refractivity contribution in [2.75, 3.05) is 11.4 Å². The maximum atomic E-state index is 11.4. The summed E-state index contributed by atoms with van der Waals surface area (Å²) in [5, 5.41) is 8.06. The molecule has 0 aromatic carbocycles. The maximum absolute atomic E-state index is 11.4. The Hall–Kier alpha value is -1.31. The van der Waals surface area contributed by atoms with E-state index in [1.54, 1.807) is 23.2 Å². The lowest BCUT2D eigenvalue weighted by Gasteiger charge is -2.14. The summed E-state index contributed by atoms with van der Waals surface area (Å²) in [6.45, 7) is 5.58. The first kappa shape index (κ1) is 14.1. The van der Waals surface area contributed by atoms with Gasteiger partial charge in [0.2, 0.25) is 5.91 Å². The lowest BCUT2D eigenvalue weighted by molar-refractivity contribution is -0.116. The molecule has 0 aliphatic heterocycles. The molecule has 0 radical (unpaired) electrons. The molecule has 1 amide bonds. The van der Waals surface area contributed by atoms with Crippen molar-refractivity contribution in [1.29, 1.82) is 0 Å². The van der Waals surface area contributed by atoms with Gasteiger partial charge >= 0.3 is 0 Å². The second-order valence-electron chi connectivity index (χ2n) is 3.97. The molecule has 5 nitrogen and oxygen atoms in total. The molecule has 0 saturated carbocycles. The standard InChI is InChI=1S/C12H16N4OS2/c1-3-16(9(2)17)12-15-11(7-19-12)5-13-4-10-6-18-8-14-10/h6-8,13H,3-5H2,1-2H3. The van der Waals surface area contributed by atoms with E-state index in [0.29, 0.717) is 13.1 Å². The molecule has 2 aromatic heterocycles. The summed E-state index contributed by atoms with van der Waals surface area (Å²) in [6, 6.07) is 0. The van der Waals surface area contributed by atoms with Gasteiger partial charge in [-0.2, -0.15) is 0 Å². The molecule has 0 aliphatic rings. The van der Waals surface area contributed by atoms with Gasteiger partial charge in [-0.3, -0.25) is 9.69 Å². The summed E-state index contributed by atoms with van der Waals surface area (Å²) in [5.74, 6) is 0.0267. The van der Waals surface area contributed by atoms with Crippen molar-refractivity contribution in [1.82, 2.24) is 15.3 Å². The van der Waals surface area contributed by atoms with E-state index in [0.717, 1.165) is 23.1 Å². The Balaban J connectivity index is 1.88. The number of anilines is 1. The first-order valence-corrected chi connectivity index (χ1v) is 7.83. The highest BCUT2D eigenvalue weighted by Gasteiger charge is 2.13. The molecule has 7 heteroatoms. The van der Waals surface area contributed by atoms with Crippen LogP contribution < -0.4 is 10.2 Å². The monoisotopic (exact) mass is 296 g/mol. The van der Waals surface area contributed by atoms with E-state index in [-0.39, 0.29) is 5.91 Å². The zero-order valence-corrected chi connectivity index (χ0v) is 12.6. The highest BCUT2D eigenvalue weighted by molar-refractivity contribution is 7.14. The normalized spacial score (nSPS) is 10.6. The van der Waals surface area contributed by atoms with Crippen molar-refractivity contribution in [2.24, 2.45) is 0 Å². The van der Waals surface area contributed by atoms with E-state index in [9.17, 15) is 4.79 Å². The van der Waals surface area contributed by atoms with Crippen LogP contribution in [0.4, 0.5) is 5.13 Å². The van der Waals surface area contributed by atoms with Crippen molar-refractivity contribution in [3.63, 3.8) is 0 Å². The number of hydrogen-bond acceptors (Lipinski definition) is 6. The first-order valence-electron chi connectivity index (χ1n) is 6.01. The second-order valence-corrected chi connectivity index (χ2v) is 5.52. The van der Waals surface area contributed by atoms with Crippen LogP contribution in [0.25, 0.3) is 0 Å². The van der Waals surface area contributed by atoms with Crippen LogP contribution in [0.5, 0.6) is 0 Å². The van der Waals surface area contributed by atoms with Gasteiger partial charge in [0.1, 0.15) is 0 Å². The van der Waals surface area contributed by atoms with Gasteiger partial charge in [-0.1, -0.05) is 0 Å². The fourth-order valence-electron chi connectivity index (χ4n) is 1.64. The van der Waals surface area contributed by atoms with Gasteiger partial charge in [0.15, 0.2) is 5.13 Å². The third kappa shape index (κ3) is 3.82. The fraction of sp³-hybridized carbons (Fsp3) is 0.417. The molecule has 2 aromatic rings. The second kappa shape index (κ2) is 6.74. The van der Waals surface area contributed by atoms with E-state index < -0.39 is 0 Å². The predicted molar refractivity (Wildman–Crippen MR) is 78.5 cm³/mol. The van der Waals surface area contributed by atoms with Crippen molar-refractivity contribution >= 4 is 33.7 Å². The molecule has 0 spiro atoms. The van der Waals surface area contributed by atoms with E-state index in [1.165, 1.54) is 11.3 Å². The van der Waals surface area contributed by atoms with E-state index in [2.05, 4.69) is 15.3 Å². The van der Waals surface area contributed by atoms with Crippen LogP contribution in [0.15, 0.2) is 16.3 Å². The van der Waals surface area contributed by atoms with Gasteiger partial charge < -0.3 is 5.32 Å². The van der Waals surface area contributed by atoms with Crippen LogP contribution in [0.2, 0.25) is 0 Å². The number of rotatable bonds is 6. The minimum Gasteiger partial charge on any atom is -0.305 e. The number of nitrogens with one attached hydrogen (secondary N) is 1. The molecule has 102 valence electrons. The smallest absolute Gasteiger partial charge is 0.225 e. The average molecular weight is 296 g/mol. The van der Waals surface area contributed by atoms with Gasteiger partial charge in [0.25, 0.3) is 0 Å². The Labute approximate surface area is 120 Å². The molecule has 0 bridgehead atoms. The van der Waals surface area contributed by atoms with E-state index in [1.807, 2.05) is 23.2 Å². The van der Waals surface area contributed by atoms with Gasteiger partial charge in [-0.25, -0.2) is 9.97 Å². The Bertz CT molecular complexity index is 524. The van der Waals surface area contributed by atoms with Crippen molar-refractivity contribution in [3.8, 4) is 0 Å². The largest absolute Gasteiger partial charge is 0.305 e. The van der Waals surface area contributed by atoms with E-state index in [4.69, 9.17) is 0 Å². The average Bonchev–Trinajstić information content (AvgIpc) is 3.02. The number of aromatic nitrogens is 2. The highest BCUT2D eigenvalue weighted by Crippen LogP contribution is 2.20. The fourth-order valence-corrected chi connectivity index (χ4v) is 3.13. The number of thiazole rings is 2. The Morgan fingerprint density at radius 1 is 1.37 bits per heavy atom. The minimum absolute atomic E-state index is 0.0267. The summed E-state index contributed by atoms with van der Waals surface area (Å²) in [7, 11) is 0. The van der Waals surface area contributed by atoms with Gasteiger partial charge in [0.05, 0.1) is 16.9 Å². The minimum atomic E-state index is 0.0267. The van der Waals surface area contributed by atoms with Crippen molar-refractivity contribution in [2.45, 2.75) is 26.9 Å². The van der Waals surface area contributed by atoms with Crippen LogP contribution in [0, 0.1) is 0 Å². The van der Waals surface area contributed by atoms with Crippen LogP contribution in [-0.4, -0.2) is 22.4 Å². The molecule has 0 fully saturated rings. The molecule has 0 saturated heterocycles. The predicted octanol–water partition coefficient (Wildman–Crippen LogP) is 2.26. The summed E-state index contributed by atoms with van der Waals surface area (Å²) in [6.07, 6.45) is 0. The number of amides is 1. The van der Waals surface area contributed by atoms with Gasteiger partial charge in [-0.15, -0.1) is 22.7 Å².